The quantitative estimate of drug-likeness (QED) is 0.726. The highest BCUT2D eigenvalue weighted by molar-refractivity contribution is 6.41. The molecule has 8 heteroatoms. The van der Waals surface area contributed by atoms with Gasteiger partial charge in [-0.05, 0) is 31.3 Å². The number of nitrogens with one attached hydrogen (secondary N) is 1. The zero-order chi connectivity index (χ0) is 18.4. The lowest BCUT2D eigenvalue weighted by Crippen LogP contribution is -2.45. The molecule has 1 aliphatic rings. The molecule has 3 N–H and O–H groups in total. The highest BCUT2D eigenvalue weighted by Crippen LogP contribution is 2.19. The highest BCUT2D eigenvalue weighted by atomic mass is 16.2. The monoisotopic (exact) mass is 347 g/mol. The number of likely N-dealkylation sites (N-methyl/N-ethyl adjacent to an activating group) is 1. The largest absolute Gasteiger partial charge is 0.369 e. The van der Waals surface area contributed by atoms with Crippen LogP contribution in [0.5, 0.6) is 0 Å². The van der Waals surface area contributed by atoms with E-state index in [-0.39, 0.29) is 13.1 Å². The third-order valence-electron chi connectivity index (χ3n) is 4.17. The van der Waals surface area contributed by atoms with Crippen molar-refractivity contribution in [2.75, 3.05) is 56.5 Å². The van der Waals surface area contributed by atoms with Gasteiger partial charge >= 0.3 is 11.8 Å². The van der Waals surface area contributed by atoms with Gasteiger partial charge in [0.05, 0.1) is 0 Å². The van der Waals surface area contributed by atoms with Crippen molar-refractivity contribution in [2.24, 2.45) is 5.73 Å². The molecule has 1 aliphatic heterocycles. The zero-order valence-electron chi connectivity index (χ0n) is 14.7. The van der Waals surface area contributed by atoms with Crippen molar-refractivity contribution in [3.8, 4) is 0 Å². The van der Waals surface area contributed by atoms with Gasteiger partial charge in [-0.3, -0.25) is 19.3 Å². The molecule has 1 aromatic carbocycles. The molecule has 1 aromatic rings. The number of hydrogen-bond acceptors (Lipinski definition) is 6. The van der Waals surface area contributed by atoms with Crippen LogP contribution in [-0.4, -0.2) is 73.8 Å². The van der Waals surface area contributed by atoms with Crippen LogP contribution >= 0.6 is 0 Å². The van der Waals surface area contributed by atoms with E-state index in [0.717, 1.165) is 36.8 Å². The second-order valence-electron chi connectivity index (χ2n) is 6.06. The lowest BCUT2D eigenvalue weighted by Gasteiger charge is -2.34. The molecule has 25 heavy (non-hydrogen) atoms. The maximum atomic E-state index is 12.0. The fourth-order valence-corrected chi connectivity index (χ4v) is 2.66. The van der Waals surface area contributed by atoms with Crippen molar-refractivity contribution < 1.29 is 14.4 Å². The van der Waals surface area contributed by atoms with Crippen LogP contribution in [0.25, 0.3) is 0 Å². The Morgan fingerprint density at radius 3 is 2.24 bits per heavy atom. The molecule has 2 rings (SSSR count). The van der Waals surface area contributed by atoms with Gasteiger partial charge < -0.3 is 20.9 Å². The summed E-state index contributed by atoms with van der Waals surface area (Å²) in [7, 11) is 2.10. The van der Waals surface area contributed by atoms with Crippen molar-refractivity contribution >= 4 is 29.1 Å². The van der Waals surface area contributed by atoms with E-state index in [2.05, 4.69) is 22.2 Å². The Bertz CT molecular complexity index is 624. The van der Waals surface area contributed by atoms with Gasteiger partial charge in [0, 0.05) is 57.6 Å². The standard InChI is InChI=1S/C17H25N5O3/c1-13(23)22(8-7-18)17(25)16(24)19-14-3-5-15(6-4-14)21-11-9-20(2)10-12-21/h3-6H,7-12,18H2,1-2H3,(H,19,24). The molecule has 0 aromatic heterocycles. The van der Waals surface area contributed by atoms with E-state index in [9.17, 15) is 14.4 Å². The number of carbonyl (C=O) groups excluding carboxylic acids is 3. The molecule has 0 saturated carbocycles. The Balaban J connectivity index is 1.97. The Morgan fingerprint density at radius 1 is 1.12 bits per heavy atom. The summed E-state index contributed by atoms with van der Waals surface area (Å²) in [6.07, 6.45) is 0. The second kappa shape index (κ2) is 8.59. The molecular formula is C17H25N5O3. The fourth-order valence-electron chi connectivity index (χ4n) is 2.66. The molecule has 1 saturated heterocycles. The Hall–Kier alpha value is -2.45. The third kappa shape index (κ3) is 5.01. The molecular weight excluding hydrogens is 322 g/mol. The fraction of sp³-hybridized carbons (Fsp3) is 0.471. The van der Waals surface area contributed by atoms with Crippen LogP contribution in [0.15, 0.2) is 24.3 Å². The highest BCUT2D eigenvalue weighted by Gasteiger charge is 2.24. The third-order valence-corrected chi connectivity index (χ3v) is 4.17. The van der Waals surface area contributed by atoms with E-state index in [0.29, 0.717) is 5.69 Å². The number of hydrogen-bond donors (Lipinski definition) is 2. The number of nitrogens with two attached hydrogens (primary N) is 1. The van der Waals surface area contributed by atoms with Gasteiger partial charge in [-0.15, -0.1) is 0 Å². The molecule has 8 nitrogen and oxygen atoms in total. The van der Waals surface area contributed by atoms with Crippen molar-refractivity contribution in [3.05, 3.63) is 24.3 Å². The Labute approximate surface area is 147 Å². The molecule has 1 heterocycles. The molecule has 0 unspecified atom stereocenters. The molecule has 0 spiro atoms. The van der Waals surface area contributed by atoms with Crippen molar-refractivity contribution in [3.63, 3.8) is 0 Å². The first-order valence-corrected chi connectivity index (χ1v) is 8.29. The van der Waals surface area contributed by atoms with E-state index >= 15 is 0 Å². The van der Waals surface area contributed by atoms with Gasteiger partial charge in [0.1, 0.15) is 0 Å². The van der Waals surface area contributed by atoms with Crippen LogP contribution in [0.4, 0.5) is 11.4 Å². The number of rotatable bonds is 4. The number of benzene rings is 1. The second-order valence-corrected chi connectivity index (χ2v) is 6.06. The summed E-state index contributed by atoms with van der Waals surface area (Å²) in [6.45, 7) is 5.28. The van der Waals surface area contributed by atoms with Crippen LogP contribution < -0.4 is 16.0 Å². The van der Waals surface area contributed by atoms with Crippen molar-refractivity contribution in [2.45, 2.75) is 6.92 Å². The SMILES string of the molecule is CC(=O)N(CCN)C(=O)C(=O)Nc1ccc(N2CCN(C)CC2)cc1. The molecule has 1 fully saturated rings. The van der Waals surface area contributed by atoms with Gasteiger partial charge in [-0.2, -0.15) is 0 Å². The molecule has 136 valence electrons. The topological polar surface area (TPSA) is 99.0 Å². The summed E-state index contributed by atoms with van der Waals surface area (Å²) < 4.78 is 0. The minimum absolute atomic E-state index is 0.0178. The molecule has 0 bridgehead atoms. The van der Waals surface area contributed by atoms with Crippen LogP contribution in [0.2, 0.25) is 0 Å². The average Bonchev–Trinajstić information content (AvgIpc) is 2.60. The van der Waals surface area contributed by atoms with E-state index in [1.165, 1.54) is 6.92 Å². The first-order valence-electron chi connectivity index (χ1n) is 8.29. The van der Waals surface area contributed by atoms with Gasteiger partial charge in [0.2, 0.25) is 5.91 Å². The summed E-state index contributed by atoms with van der Waals surface area (Å²) in [6, 6.07) is 7.32. The summed E-state index contributed by atoms with van der Waals surface area (Å²) in [5.74, 6) is -2.26. The number of amides is 3. The molecule has 3 amide bonds. The Kier molecular flexibility index (Phi) is 6.49. The van der Waals surface area contributed by atoms with Crippen LogP contribution in [0.3, 0.4) is 0 Å². The number of anilines is 2. The Morgan fingerprint density at radius 2 is 1.72 bits per heavy atom. The van der Waals surface area contributed by atoms with E-state index in [4.69, 9.17) is 5.73 Å². The summed E-state index contributed by atoms with van der Waals surface area (Å²) in [5, 5.41) is 2.52. The van der Waals surface area contributed by atoms with Crippen LogP contribution in [-0.2, 0) is 14.4 Å². The van der Waals surface area contributed by atoms with Crippen LogP contribution in [0.1, 0.15) is 6.92 Å². The molecule has 0 aliphatic carbocycles. The predicted octanol–water partition coefficient (Wildman–Crippen LogP) is -0.289. The summed E-state index contributed by atoms with van der Waals surface area (Å²) >= 11 is 0. The maximum Gasteiger partial charge on any atom is 0.318 e. The normalized spacial score (nSPS) is 14.9. The zero-order valence-corrected chi connectivity index (χ0v) is 14.7. The van der Waals surface area contributed by atoms with Gasteiger partial charge in [-0.25, -0.2) is 0 Å². The van der Waals surface area contributed by atoms with E-state index in [1.807, 2.05) is 12.1 Å². The average molecular weight is 347 g/mol. The lowest BCUT2D eigenvalue weighted by molar-refractivity contribution is -0.149. The van der Waals surface area contributed by atoms with Crippen molar-refractivity contribution in [1.82, 2.24) is 9.80 Å². The van der Waals surface area contributed by atoms with E-state index < -0.39 is 17.7 Å². The van der Waals surface area contributed by atoms with Gasteiger partial charge in [0.15, 0.2) is 0 Å². The minimum atomic E-state index is -0.902. The van der Waals surface area contributed by atoms with Crippen molar-refractivity contribution in [1.29, 1.82) is 0 Å². The number of carbonyl (C=O) groups is 3. The predicted molar refractivity (Wildman–Crippen MR) is 96.2 cm³/mol. The lowest BCUT2D eigenvalue weighted by atomic mass is 10.2. The summed E-state index contributed by atoms with van der Waals surface area (Å²) in [4.78, 5) is 40.9. The maximum absolute atomic E-state index is 12.0. The van der Waals surface area contributed by atoms with E-state index in [1.54, 1.807) is 12.1 Å². The first-order chi connectivity index (χ1) is 11.9. The van der Waals surface area contributed by atoms with Gasteiger partial charge in [0.25, 0.3) is 0 Å². The van der Waals surface area contributed by atoms with Crippen LogP contribution in [0, 0.1) is 0 Å². The number of piperazine rings is 1. The molecule has 0 radical (unpaired) electrons. The van der Waals surface area contributed by atoms with Gasteiger partial charge in [-0.1, -0.05) is 0 Å². The summed E-state index contributed by atoms with van der Waals surface area (Å²) in [5.41, 5.74) is 6.95. The first kappa shape index (κ1) is 18.9. The smallest absolute Gasteiger partial charge is 0.318 e. The minimum Gasteiger partial charge on any atom is -0.369 e. The number of nitrogens with zero attached hydrogens (tertiary/aromatic N) is 3. The number of imide groups is 1. The molecule has 0 atom stereocenters.